The maximum atomic E-state index is 12.2. The quantitative estimate of drug-likeness (QED) is 0.921. The lowest BCUT2D eigenvalue weighted by Crippen LogP contribution is -2.30. The molecule has 112 valence electrons. The number of benzene rings is 1. The van der Waals surface area contributed by atoms with Gasteiger partial charge in [0.1, 0.15) is 0 Å². The van der Waals surface area contributed by atoms with Gasteiger partial charge in [0.15, 0.2) is 5.13 Å². The Morgan fingerprint density at radius 2 is 2.32 bits per heavy atom. The lowest BCUT2D eigenvalue weighted by molar-refractivity contribution is -0.115. The first kappa shape index (κ1) is 15.4. The van der Waals surface area contributed by atoms with Crippen LogP contribution in [-0.4, -0.2) is 33.4 Å². The molecule has 1 fully saturated rings. The molecule has 1 atom stereocenters. The van der Waals surface area contributed by atoms with Crippen LogP contribution in [0, 0.1) is 11.3 Å². The molecule has 1 aromatic carbocycles. The maximum absolute atomic E-state index is 12.2. The normalized spacial score (nSPS) is 17.7. The molecule has 0 radical (unpaired) electrons. The van der Waals surface area contributed by atoms with Crippen LogP contribution in [0.2, 0.25) is 0 Å². The molecular weight excluding hydrogens is 334 g/mol. The van der Waals surface area contributed by atoms with Gasteiger partial charge in [0.2, 0.25) is 5.91 Å². The molecule has 1 N–H and O–H groups in total. The van der Waals surface area contributed by atoms with E-state index in [0.717, 1.165) is 28.5 Å². The van der Waals surface area contributed by atoms with E-state index in [1.54, 1.807) is 23.9 Å². The number of hydrogen-bond acceptors (Lipinski definition) is 6. The molecule has 0 unspecified atom stereocenters. The van der Waals surface area contributed by atoms with Crippen molar-refractivity contribution in [1.82, 2.24) is 4.98 Å². The molecule has 22 heavy (non-hydrogen) atoms. The van der Waals surface area contributed by atoms with Crippen LogP contribution in [0.3, 0.4) is 0 Å². The number of carbonyl (C=O) groups excluding carboxylic acids is 1. The first-order valence-electron chi connectivity index (χ1n) is 6.72. The summed E-state index contributed by atoms with van der Waals surface area (Å²) in [6, 6.07) is 9.43. The van der Waals surface area contributed by atoms with Crippen molar-refractivity contribution < 1.29 is 4.79 Å². The van der Waals surface area contributed by atoms with E-state index in [4.69, 9.17) is 5.26 Å². The number of thioether (sulfide) groups is 2. The number of nitriles is 1. The van der Waals surface area contributed by atoms with Crippen LogP contribution in [0.5, 0.6) is 0 Å². The average molecular weight is 347 g/mol. The summed E-state index contributed by atoms with van der Waals surface area (Å²) in [5.74, 6) is 3.03. The SMILES string of the molecule is N#Cc1cccc(-c2csc(NC(=O)[C@H]3CSCCS3)n2)c1. The van der Waals surface area contributed by atoms with Crippen LogP contribution < -0.4 is 5.32 Å². The minimum Gasteiger partial charge on any atom is -0.301 e. The second kappa shape index (κ2) is 7.18. The van der Waals surface area contributed by atoms with E-state index >= 15 is 0 Å². The first-order chi connectivity index (χ1) is 10.8. The van der Waals surface area contributed by atoms with E-state index < -0.39 is 0 Å². The largest absolute Gasteiger partial charge is 0.301 e. The lowest BCUT2D eigenvalue weighted by Gasteiger charge is -2.19. The molecule has 0 aliphatic carbocycles. The van der Waals surface area contributed by atoms with Gasteiger partial charge in [-0.3, -0.25) is 4.79 Å². The predicted molar refractivity (Wildman–Crippen MR) is 94.5 cm³/mol. The van der Waals surface area contributed by atoms with E-state index in [-0.39, 0.29) is 11.2 Å². The molecule has 7 heteroatoms. The first-order valence-corrected chi connectivity index (χ1v) is 9.81. The fourth-order valence-corrected chi connectivity index (χ4v) is 5.32. The monoisotopic (exact) mass is 347 g/mol. The average Bonchev–Trinajstić information content (AvgIpc) is 3.04. The number of aromatic nitrogens is 1. The number of hydrogen-bond donors (Lipinski definition) is 1. The van der Waals surface area contributed by atoms with Gasteiger partial charge < -0.3 is 5.32 Å². The van der Waals surface area contributed by atoms with Crippen LogP contribution in [0.4, 0.5) is 5.13 Å². The molecule has 0 bridgehead atoms. The van der Waals surface area contributed by atoms with E-state index in [9.17, 15) is 4.79 Å². The van der Waals surface area contributed by atoms with Gasteiger partial charge in [0, 0.05) is 28.2 Å². The highest BCUT2D eigenvalue weighted by Gasteiger charge is 2.23. The maximum Gasteiger partial charge on any atom is 0.240 e. The Morgan fingerprint density at radius 3 is 3.09 bits per heavy atom. The third kappa shape index (κ3) is 3.64. The molecule has 1 saturated heterocycles. The van der Waals surface area contributed by atoms with E-state index in [1.807, 2.05) is 29.3 Å². The molecule has 1 aliphatic heterocycles. The van der Waals surface area contributed by atoms with Crippen molar-refractivity contribution >= 4 is 45.9 Å². The minimum absolute atomic E-state index is 0.00742. The highest BCUT2D eigenvalue weighted by molar-refractivity contribution is 8.07. The molecule has 0 saturated carbocycles. The van der Waals surface area contributed by atoms with Crippen molar-refractivity contribution in [2.24, 2.45) is 0 Å². The zero-order valence-corrected chi connectivity index (χ0v) is 14.1. The Balaban J connectivity index is 1.70. The fourth-order valence-electron chi connectivity index (χ4n) is 2.04. The van der Waals surface area contributed by atoms with Gasteiger partial charge in [-0.15, -0.1) is 23.1 Å². The molecule has 1 aromatic heterocycles. The van der Waals surface area contributed by atoms with Crippen LogP contribution in [-0.2, 0) is 4.79 Å². The number of thiazole rings is 1. The van der Waals surface area contributed by atoms with Crippen molar-refractivity contribution in [1.29, 1.82) is 5.26 Å². The Kier molecular flexibility index (Phi) is 5.03. The summed E-state index contributed by atoms with van der Waals surface area (Å²) in [4.78, 5) is 16.6. The van der Waals surface area contributed by atoms with Crippen molar-refractivity contribution in [3.05, 3.63) is 35.2 Å². The van der Waals surface area contributed by atoms with Gasteiger partial charge in [-0.25, -0.2) is 4.98 Å². The second-order valence-corrected chi connectivity index (χ2v) is 7.97. The van der Waals surface area contributed by atoms with Crippen molar-refractivity contribution in [2.45, 2.75) is 5.25 Å². The summed E-state index contributed by atoms with van der Waals surface area (Å²) in [6.45, 7) is 0. The summed E-state index contributed by atoms with van der Waals surface area (Å²) < 4.78 is 0. The summed E-state index contributed by atoms with van der Waals surface area (Å²) >= 11 is 4.93. The Hall–Kier alpha value is -1.49. The third-order valence-corrected chi connectivity index (χ3v) is 6.64. The number of carbonyl (C=O) groups is 1. The highest BCUT2D eigenvalue weighted by Crippen LogP contribution is 2.28. The van der Waals surface area contributed by atoms with E-state index in [0.29, 0.717) is 10.7 Å². The number of nitrogens with zero attached hydrogens (tertiary/aromatic N) is 2. The summed E-state index contributed by atoms with van der Waals surface area (Å²) in [5, 5.41) is 14.4. The zero-order chi connectivity index (χ0) is 15.4. The summed E-state index contributed by atoms with van der Waals surface area (Å²) in [5.41, 5.74) is 2.27. The fraction of sp³-hybridized carbons (Fsp3) is 0.267. The molecular formula is C15H13N3OS3. The lowest BCUT2D eigenvalue weighted by atomic mass is 10.1. The Morgan fingerprint density at radius 1 is 1.41 bits per heavy atom. The Labute approximate surface area is 141 Å². The van der Waals surface area contributed by atoms with E-state index in [1.165, 1.54) is 11.3 Å². The van der Waals surface area contributed by atoms with Crippen molar-refractivity contribution in [2.75, 3.05) is 22.6 Å². The summed E-state index contributed by atoms with van der Waals surface area (Å²) in [7, 11) is 0. The van der Waals surface area contributed by atoms with Gasteiger partial charge in [0.05, 0.1) is 22.6 Å². The molecule has 1 aliphatic rings. The molecule has 1 amide bonds. The highest BCUT2D eigenvalue weighted by atomic mass is 32.2. The van der Waals surface area contributed by atoms with E-state index in [2.05, 4.69) is 16.4 Å². The smallest absolute Gasteiger partial charge is 0.240 e. The molecule has 3 rings (SSSR count). The molecule has 2 heterocycles. The topological polar surface area (TPSA) is 65.8 Å². The number of nitrogens with one attached hydrogen (secondary N) is 1. The molecule has 4 nitrogen and oxygen atoms in total. The number of amides is 1. The summed E-state index contributed by atoms with van der Waals surface area (Å²) in [6.07, 6.45) is 0. The van der Waals surface area contributed by atoms with Gasteiger partial charge in [-0.05, 0) is 12.1 Å². The van der Waals surface area contributed by atoms with Crippen LogP contribution in [0.1, 0.15) is 5.56 Å². The van der Waals surface area contributed by atoms with Crippen molar-refractivity contribution in [3.63, 3.8) is 0 Å². The third-order valence-electron chi connectivity index (χ3n) is 3.13. The van der Waals surface area contributed by atoms with Crippen LogP contribution >= 0.6 is 34.9 Å². The van der Waals surface area contributed by atoms with Gasteiger partial charge >= 0.3 is 0 Å². The predicted octanol–water partition coefficient (Wildman–Crippen LogP) is 3.47. The number of anilines is 1. The van der Waals surface area contributed by atoms with Gasteiger partial charge in [0.25, 0.3) is 0 Å². The molecule has 2 aromatic rings. The Bertz CT molecular complexity index is 717. The van der Waals surface area contributed by atoms with Gasteiger partial charge in [-0.1, -0.05) is 12.1 Å². The van der Waals surface area contributed by atoms with Crippen LogP contribution in [0.15, 0.2) is 29.6 Å². The molecule has 0 spiro atoms. The van der Waals surface area contributed by atoms with Gasteiger partial charge in [-0.2, -0.15) is 17.0 Å². The van der Waals surface area contributed by atoms with Crippen molar-refractivity contribution in [3.8, 4) is 17.3 Å². The number of rotatable bonds is 3. The standard InChI is InChI=1S/C15H13N3OS3/c16-7-10-2-1-3-11(6-10)12-8-22-15(17-12)18-14(19)13-9-20-4-5-21-13/h1-3,6,8,13H,4-5,9H2,(H,17,18,19)/t13-/m1/s1. The minimum atomic E-state index is 0.00742. The second-order valence-electron chi connectivity index (χ2n) is 4.65. The zero-order valence-electron chi connectivity index (χ0n) is 11.6. The van der Waals surface area contributed by atoms with Crippen LogP contribution in [0.25, 0.3) is 11.3 Å².